The van der Waals surface area contributed by atoms with Gasteiger partial charge in [-0.25, -0.2) is 0 Å². The lowest BCUT2D eigenvalue weighted by atomic mass is 9.97. The maximum Gasteiger partial charge on any atom is 0.310 e. The first kappa shape index (κ1) is 17.3. The van der Waals surface area contributed by atoms with Gasteiger partial charge in [0.1, 0.15) is 6.61 Å². The Morgan fingerprint density at radius 1 is 0.739 bits per heavy atom. The van der Waals surface area contributed by atoms with Gasteiger partial charge in [-0.2, -0.15) is 0 Å². The van der Waals surface area contributed by atoms with Crippen molar-refractivity contribution in [1.82, 2.24) is 0 Å². The number of benzene rings is 2. The normalized spacial score (nSPS) is 10.7. The highest BCUT2D eigenvalue weighted by atomic mass is 16.5. The molecule has 0 saturated carbocycles. The Balaban J connectivity index is 2.07. The Kier molecular flexibility index (Phi) is 5.25. The third kappa shape index (κ3) is 4.22. The lowest BCUT2D eigenvalue weighted by Gasteiger charge is -2.14. The largest absolute Gasteiger partial charge is 0.461 e. The van der Waals surface area contributed by atoms with Gasteiger partial charge in [0.05, 0.1) is 6.42 Å². The molecule has 0 fully saturated rings. The quantitative estimate of drug-likeness (QED) is 0.757. The van der Waals surface area contributed by atoms with Crippen LogP contribution in [0.4, 0.5) is 0 Å². The van der Waals surface area contributed by atoms with E-state index < -0.39 is 0 Å². The average Bonchev–Trinajstić information content (AvgIpc) is 2.41. The molecule has 23 heavy (non-hydrogen) atoms. The molecule has 0 aromatic heterocycles. The second-order valence-electron chi connectivity index (χ2n) is 6.59. The van der Waals surface area contributed by atoms with Crippen molar-refractivity contribution in [2.24, 2.45) is 0 Å². The van der Waals surface area contributed by atoms with Gasteiger partial charge in [-0.15, -0.1) is 0 Å². The number of carbonyl (C=O) groups is 1. The van der Waals surface area contributed by atoms with Crippen LogP contribution in [0.2, 0.25) is 0 Å². The Hall–Kier alpha value is -2.09. The van der Waals surface area contributed by atoms with Gasteiger partial charge in [0.15, 0.2) is 0 Å². The van der Waals surface area contributed by atoms with Crippen molar-refractivity contribution in [3.8, 4) is 0 Å². The summed E-state index contributed by atoms with van der Waals surface area (Å²) in [6, 6.07) is 8.49. The van der Waals surface area contributed by atoms with E-state index in [0.29, 0.717) is 13.0 Å². The summed E-state index contributed by atoms with van der Waals surface area (Å²) in [5.41, 5.74) is 9.32. The predicted octanol–water partition coefficient (Wildman–Crippen LogP) is 4.82. The summed E-state index contributed by atoms with van der Waals surface area (Å²) in [7, 11) is 0. The van der Waals surface area contributed by atoms with E-state index in [1.54, 1.807) is 0 Å². The second-order valence-corrected chi connectivity index (χ2v) is 6.59. The van der Waals surface area contributed by atoms with Gasteiger partial charge < -0.3 is 4.74 Å². The minimum absolute atomic E-state index is 0.167. The molecular formula is C21H26O2. The molecule has 0 radical (unpaired) electrons. The van der Waals surface area contributed by atoms with E-state index in [0.717, 1.165) is 22.3 Å². The zero-order chi connectivity index (χ0) is 17.1. The molecule has 0 aliphatic carbocycles. The van der Waals surface area contributed by atoms with E-state index in [1.807, 2.05) is 0 Å². The van der Waals surface area contributed by atoms with Crippen molar-refractivity contribution in [2.75, 3.05) is 0 Å². The zero-order valence-electron chi connectivity index (χ0n) is 15.0. The molecule has 0 N–H and O–H groups in total. The number of aryl methyl sites for hydroxylation is 6. The minimum Gasteiger partial charge on any atom is -0.461 e. The van der Waals surface area contributed by atoms with Crippen LogP contribution in [-0.4, -0.2) is 5.97 Å². The summed E-state index contributed by atoms with van der Waals surface area (Å²) < 4.78 is 5.53. The molecule has 0 unspecified atom stereocenters. The Morgan fingerprint density at radius 2 is 1.13 bits per heavy atom. The van der Waals surface area contributed by atoms with Gasteiger partial charge >= 0.3 is 5.97 Å². The zero-order valence-corrected chi connectivity index (χ0v) is 15.0. The molecule has 0 amide bonds. The molecule has 2 aromatic carbocycles. The SMILES string of the molecule is Cc1cc(C)c(COC(=O)Cc2c(C)cc(C)cc2C)c(C)c1. The van der Waals surface area contributed by atoms with Crippen LogP contribution in [0.25, 0.3) is 0 Å². The Labute approximate surface area is 139 Å². The van der Waals surface area contributed by atoms with Crippen molar-refractivity contribution in [1.29, 1.82) is 0 Å². The first-order chi connectivity index (χ1) is 10.8. The predicted molar refractivity (Wildman–Crippen MR) is 94.8 cm³/mol. The fraction of sp³-hybridized carbons (Fsp3) is 0.381. The minimum atomic E-state index is -0.167. The lowest BCUT2D eigenvalue weighted by molar-refractivity contribution is -0.144. The van der Waals surface area contributed by atoms with E-state index >= 15 is 0 Å². The second kappa shape index (κ2) is 6.99. The van der Waals surface area contributed by atoms with Crippen LogP contribution in [0.5, 0.6) is 0 Å². The molecule has 0 aliphatic heterocycles. The summed E-state index contributed by atoms with van der Waals surface area (Å²) in [4.78, 5) is 12.2. The Morgan fingerprint density at radius 3 is 1.57 bits per heavy atom. The molecule has 0 spiro atoms. The van der Waals surface area contributed by atoms with E-state index in [2.05, 4.69) is 65.8 Å². The molecule has 0 aliphatic rings. The number of hydrogen-bond donors (Lipinski definition) is 0. The molecule has 2 rings (SSSR count). The molecule has 0 saturated heterocycles. The summed E-state index contributed by atoms with van der Waals surface area (Å²) in [5, 5.41) is 0. The molecule has 0 atom stereocenters. The highest BCUT2D eigenvalue weighted by Gasteiger charge is 2.12. The van der Waals surface area contributed by atoms with Crippen LogP contribution in [-0.2, 0) is 22.6 Å². The smallest absolute Gasteiger partial charge is 0.310 e. The molecule has 0 bridgehead atoms. The summed E-state index contributed by atoms with van der Waals surface area (Å²) in [6.07, 6.45) is 0.335. The third-order valence-electron chi connectivity index (χ3n) is 4.38. The maximum atomic E-state index is 12.2. The van der Waals surface area contributed by atoms with Gasteiger partial charge in [0.2, 0.25) is 0 Å². The highest BCUT2D eigenvalue weighted by Crippen LogP contribution is 2.20. The van der Waals surface area contributed by atoms with Gasteiger partial charge in [-0.3, -0.25) is 4.79 Å². The van der Waals surface area contributed by atoms with Gasteiger partial charge in [-0.05, 0) is 74.9 Å². The van der Waals surface area contributed by atoms with E-state index in [4.69, 9.17) is 4.74 Å². The van der Waals surface area contributed by atoms with Gasteiger partial charge in [0, 0.05) is 0 Å². The third-order valence-corrected chi connectivity index (χ3v) is 4.38. The summed E-state index contributed by atoms with van der Waals surface area (Å²) >= 11 is 0. The standard InChI is InChI=1S/C21H26O2/c1-13-7-15(3)19(16(4)8-13)11-21(22)23-12-20-17(5)9-14(2)10-18(20)6/h7-10H,11-12H2,1-6H3. The first-order valence-electron chi connectivity index (χ1n) is 8.07. The van der Waals surface area contributed by atoms with Crippen molar-refractivity contribution in [3.05, 3.63) is 68.8 Å². The number of ether oxygens (including phenoxy) is 1. The molecule has 122 valence electrons. The molecule has 0 heterocycles. The summed E-state index contributed by atoms with van der Waals surface area (Å²) in [6.45, 7) is 12.7. The number of esters is 1. The van der Waals surface area contributed by atoms with Crippen LogP contribution in [0.15, 0.2) is 24.3 Å². The van der Waals surface area contributed by atoms with Crippen LogP contribution in [0.3, 0.4) is 0 Å². The van der Waals surface area contributed by atoms with Gasteiger partial charge in [-0.1, -0.05) is 35.4 Å². The molecule has 2 aromatic rings. The van der Waals surface area contributed by atoms with Crippen LogP contribution >= 0.6 is 0 Å². The van der Waals surface area contributed by atoms with E-state index in [9.17, 15) is 4.79 Å². The molecule has 2 heteroatoms. The van der Waals surface area contributed by atoms with Crippen LogP contribution in [0.1, 0.15) is 44.5 Å². The van der Waals surface area contributed by atoms with Crippen molar-refractivity contribution in [2.45, 2.75) is 54.6 Å². The summed E-state index contributed by atoms with van der Waals surface area (Å²) in [5.74, 6) is -0.167. The number of hydrogen-bond acceptors (Lipinski definition) is 2. The fourth-order valence-electron chi connectivity index (χ4n) is 3.27. The topological polar surface area (TPSA) is 26.3 Å². The van der Waals surface area contributed by atoms with Crippen molar-refractivity contribution in [3.63, 3.8) is 0 Å². The fourth-order valence-corrected chi connectivity index (χ4v) is 3.27. The van der Waals surface area contributed by atoms with Gasteiger partial charge in [0.25, 0.3) is 0 Å². The highest BCUT2D eigenvalue weighted by molar-refractivity contribution is 5.73. The lowest BCUT2D eigenvalue weighted by Crippen LogP contribution is -2.11. The Bertz CT molecular complexity index is 695. The van der Waals surface area contributed by atoms with Crippen LogP contribution in [0, 0.1) is 41.5 Å². The molecular weight excluding hydrogens is 284 g/mol. The van der Waals surface area contributed by atoms with Crippen molar-refractivity contribution < 1.29 is 9.53 Å². The van der Waals surface area contributed by atoms with Crippen molar-refractivity contribution >= 4 is 5.97 Å². The number of rotatable bonds is 4. The number of carbonyl (C=O) groups excluding carboxylic acids is 1. The van der Waals surface area contributed by atoms with E-state index in [1.165, 1.54) is 22.3 Å². The maximum absolute atomic E-state index is 12.2. The van der Waals surface area contributed by atoms with E-state index in [-0.39, 0.29) is 5.97 Å². The average molecular weight is 310 g/mol. The first-order valence-corrected chi connectivity index (χ1v) is 8.07. The molecule has 2 nitrogen and oxygen atoms in total. The van der Waals surface area contributed by atoms with Crippen LogP contribution < -0.4 is 0 Å². The monoisotopic (exact) mass is 310 g/mol.